The molecule has 18 heavy (non-hydrogen) atoms. The largest absolute Gasteiger partial charge is 0.322 e. The number of nitrogens with two attached hydrogens (primary N) is 1. The van der Waals surface area contributed by atoms with Crippen molar-refractivity contribution in [3.63, 3.8) is 0 Å². The van der Waals surface area contributed by atoms with Gasteiger partial charge in [-0.15, -0.1) is 0 Å². The number of carbonyl (C=O) groups excluding carboxylic acids is 1. The first-order valence-electron chi connectivity index (χ1n) is 5.04. The summed E-state index contributed by atoms with van der Waals surface area (Å²) >= 11 is 0. The van der Waals surface area contributed by atoms with Gasteiger partial charge >= 0.3 is 0 Å². The molecule has 0 unspecified atom stereocenters. The maximum atomic E-state index is 13.3. The van der Waals surface area contributed by atoms with Crippen molar-refractivity contribution in [2.75, 3.05) is 10.7 Å². The summed E-state index contributed by atoms with van der Waals surface area (Å²) in [5, 5.41) is 2.42. The van der Waals surface area contributed by atoms with Gasteiger partial charge in [0.2, 0.25) is 0 Å². The number of halogens is 1. The first-order chi connectivity index (χ1) is 8.72. The molecular formula is C11H10FN5O. The van der Waals surface area contributed by atoms with Crippen molar-refractivity contribution in [3.8, 4) is 0 Å². The number of aromatic nitrogens is 2. The normalized spacial score (nSPS) is 9.89. The van der Waals surface area contributed by atoms with E-state index in [4.69, 9.17) is 5.84 Å². The van der Waals surface area contributed by atoms with Crippen molar-refractivity contribution >= 4 is 17.3 Å². The Balaban J connectivity index is 2.25. The van der Waals surface area contributed by atoms with Crippen LogP contribution in [0.2, 0.25) is 0 Å². The van der Waals surface area contributed by atoms with E-state index in [2.05, 4.69) is 20.7 Å². The molecule has 4 N–H and O–H groups in total. The van der Waals surface area contributed by atoms with Crippen LogP contribution in [0.3, 0.4) is 0 Å². The summed E-state index contributed by atoms with van der Waals surface area (Å²) in [6.07, 6.45) is 5.24. The van der Waals surface area contributed by atoms with E-state index >= 15 is 0 Å². The Kier molecular flexibility index (Phi) is 3.44. The van der Waals surface area contributed by atoms with E-state index in [0.717, 1.165) is 6.20 Å². The Bertz CT molecular complexity index is 575. The monoisotopic (exact) mass is 247 g/mol. The molecule has 0 spiro atoms. The van der Waals surface area contributed by atoms with Gasteiger partial charge in [0, 0.05) is 12.4 Å². The summed E-state index contributed by atoms with van der Waals surface area (Å²) in [7, 11) is 0. The van der Waals surface area contributed by atoms with Crippen LogP contribution in [0.25, 0.3) is 0 Å². The van der Waals surface area contributed by atoms with Crippen LogP contribution in [-0.2, 0) is 0 Å². The predicted molar refractivity (Wildman–Crippen MR) is 64.2 cm³/mol. The molecular weight excluding hydrogens is 237 g/mol. The van der Waals surface area contributed by atoms with E-state index in [-0.39, 0.29) is 11.3 Å². The van der Waals surface area contributed by atoms with Crippen LogP contribution in [0.15, 0.2) is 36.9 Å². The molecule has 0 atom stereocenters. The third-order valence-electron chi connectivity index (χ3n) is 2.24. The summed E-state index contributed by atoms with van der Waals surface area (Å²) < 4.78 is 13.3. The molecule has 2 aromatic heterocycles. The minimum absolute atomic E-state index is 0.0507. The number of hydrogen-bond acceptors (Lipinski definition) is 5. The third kappa shape index (κ3) is 2.41. The molecule has 2 aromatic rings. The van der Waals surface area contributed by atoms with Gasteiger partial charge in [-0.05, 0) is 12.1 Å². The number of anilines is 2. The number of nitrogen functional groups attached to an aromatic ring is 1. The molecule has 0 aliphatic rings. The Labute approximate surface area is 102 Å². The van der Waals surface area contributed by atoms with Gasteiger partial charge in [0.15, 0.2) is 5.82 Å². The molecule has 0 aliphatic heterocycles. The predicted octanol–water partition coefficient (Wildman–Crippen LogP) is 1.15. The molecule has 0 saturated heterocycles. The van der Waals surface area contributed by atoms with Crippen LogP contribution < -0.4 is 16.6 Å². The average molecular weight is 247 g/mol. The molecule has 1 amide bonds. The van der Waals surface area contributed by atoms with Gasteiger partial charge < -0.3 is 10.7 Å². The zero-order valence-electron chi connectivity index (χ0n) is 9.22. The molecule has 0 radical (unpaired) electrons. The van der Waals surface area contributed by atoms with Crippen molar-refractivity contribution in [2.45, 2.75) is 0 Å². The topological polar surface area (TPSA) is 92.9 Å². The zero-order valence-corrected chi connectivity index (χ0v) is 9.22. The van der Waals surface area contributed by atoms with Crippen LogP contribution in [0.1, 0.15) is 10.4 Å². The van der Waals surface area contributed by atoms with Crippen molar-refractivity contribution < 1.29 is 9.18 Å². The maximum Gasteiger partial charge on any atom is 0.258 e. The second kappa shape index (κ2) is 5.19. The minimum atomic E-state index is -0.609. The van der Waals surface area contributed by atoms with Gasteiger partial charge in [-0.3, -0.25) is 20.6 Å². The van der Waals surface area contributed by atoms with Gasteiger partial charge in [0.25, 0.3) is 5.91 Å². The van der Waals surface area contributed by atoms with Gasteiger partial charge in [0.05, 0.1) is 29.3 Å². The number of nitrogens with zero attached hydrogens (tertiary/aromatic N) is 2. The molecule has 2 rings (SSSR count). The number of amides is 1. The van der Waals surface area contributed by atoms with Crippen LogP contribution in [0.5, 0.6) is 0 Å². The summed E-state index contributed by atoms with van der Waals surface area (Å²) in [6.45, 7) is 0. The lowest BCUT2D eigenvalue weighted by Gasteiger charge is -2.09. The van der Waals surface area contributed by atoms with Crippen molar-refractivity contribution in [1.29, 1.82) is 0 Å². The number of pyridine rings is 2. The van der Waals surface area contributed by atoms with E-state index in [9.17, 15) is 9.18 Å². The summed E-state index contributed by atoms with van der Waals surface area (Å²) in [6, 6.07) is 2.84. The highest BCUT2D eigenvalue weighted by molar-refractivity contribution is 6.07. The number of hydrogen-bond donors (Lipinski definition) is 3. The number of hydrazine groups is 1. The van der Waals surface area contributed by atoms with Crippen LogP contribution in [0, 0.1) is 5.82 Å². The highest BCUT2D eigenvalue weighted by atomic mass is 19.1. The SMILES string of the molecule is NNc1cnccc1C(=O)Nc1ccncc1F. The smallest absolute Gasteiger partial charge is 0.258 e. The van der Waals surface area contributed by atoms with E-state index in [1.807, 2.05) is 0 Å². The molecule has 0 bridgehead atoms. The highest BCUT2D eigenvalue weighted by Crippen LogP contribution is 2.16. The Hall–Kier alpha value is -2.54. The Morgan fingerprint density at radius 1 is 1.17 bits per heavy atom. The molecule has 0 saturated carbocycles. The standard InChI is InChI=1S/C11H10FN5O/c12-8-5-14-4-2-9(8)16-11(18)7-1-3-15-6-10(7)17-13/h1-6,17H,13H2,(H,14,16,18). The molecule has 0 aliphatic carbocycles. The molecule has 6 nitrogen and oxygen atoms in total. The van der Waals surface area contributed by atoms with E-state index in [1.54, 1.807) is 0 Å². The maximum absolute atomic E-state index is 13.3. The van der Waals surface area contributed by atoms with Gasteiger partial charge in [0.1, 0.15) is 0 Å². The fraction of sp³-hybridized carbons (Fsp3) is 0. The summed E-state index contributed by atoms with van der Waals surface area (Å²) in [5.41, 5.74) is 3.02. The number of nitrogens with one attached hydrogen (secondary N) is 2. The molecule has 7 heteroatoms. The highest BCUT2D eigenvalue weighted by Gasteiger charge is 2.12. The lowest BCUT2D eigenvalue weighted by molar-refractivity contribution is 0.102. The van der Waals surface area contributed by atoms with E-state index in [1.165, 1.54) is 30.7 Å². The molecule has 2 heterocycles. The van der Waals surface area contributed by atoms with Crippen molar-refractivity contribution in [3.05, 3.63) is 48.3 Å². The number of rotatable bonds is 3. The van der Waals surface area contributed by atoms with Gasteiger partial charge in [-0.2, -0.15) is 0 Å². The lowest BCUT2D eigenvalue weighted by atomic mass is 10.2. The molecule has 0 aromatic carbocycles. The molecule has 0 fully saturated rings. The first kappa shape index (κ1) is 11.9. The fourth-order valence-electron chi connectivity index (χ4n) is 1.37. The fourth-order valence-corrected chi connectivity index (χ4v) is 1.37. The average Bonchev–Trinajstić information content (AvgIpc) is 2.41. The second-order valence-corrected chi connectivity index (χ2v) is 3.38. The summed E-state index contributed by atoms with van der Waals surface area (Å²) in [4.78, 5) is 19.3. The number of carbonyl (C=O) groups is 1. The van der Waals surface area contributed by atoms with Crippen LogP contribution >= 0.6 is 0 Å². The minimum Gasteiger partial charge on any atom is -0.322 e. The Morgan fingerprint density at radius 2 is 1.89 bits per heavy atom. The first-order valence-corrected chi connectivity index (χ1v) is 5.04. The van der Waals surface area contributed by atoms with Crippen LogP contribution in [0.4, 0.5) is 15.8 Å². The van der Waals surface area contributed by atoms with Crippen molar-refractivity contribution in [2.24, 2.45) is 5.84 Å². The zero-order chi connectivity index (χ0) is 13.0. The lowest BCUT2D eigenvalue weighted by Crippen LogP contribution is -2.18. The quantitative estimate of drug-likeness (QED) is 0.559. The van der Waals surface area contributed by atoms with Crippen LogP contribution in [-0.4, -0.2) is 15.9 Å². The van der Waals surface area contributed by atoms with Gasteiger partial charge in [-0.1, -0.05) is 0 Å². The van der Waals surface area contributed by atoms with Gasteiger partial charge in [-0.25, -0.2) is 4.39 Å². The van der Waals surface area contributed by atoms with E-state index in [0.29, 0.717) is 5.69 Å². The second-order valence-electron chi connectivity index (χ2n) is 3.38. The third-order valence-corrected chi connectivity index (χ3v) is 2.24. The Morgan fingerprint density at radius 3 is 2.61 bits per heavy atom. The van der Waals surface area contributed by atoms with E-state index < -0.39 is 11.7 Å². The molecule has 92 valence electrons. The summed E-state index contributed by atoms with van der Waals surface area (Å²) in [5.74, 6) is 4.16. The van der Waals surface area contributed by atoms with Crippen molar-refractivity contribution in [1.82, 2.24) is 9.97 Å².